The van der Waals surface area contributed by atoms with Crippen LogP contribution >= 0.6 is 0 Å². The predicted molar refractivity (Wildman–Crippen MR) is 113 cm³/mol. The highest BCUT2D eigenvalue weighted by Crippen LogP contribution is 2.41. The number of aromatic hydroxyl groups is 1. The van der Waals surface area contributed by atoms with Crippen molar-refractivity contribution in [3.05, 3.63) is 77.4 Å². The zero-order valence-electron chi connectivity index (χ0n) is 17.3. The van der Waals surface area contributed by atoms with E-state index in [1.54, 1.807) is 64.8 Å². The van der Waals surface area contributed by atoms with Crippen molar-refractivity contribution in [2.45, 2.75) is 5.92 Å². The van der Waals surface area contributed by atoms with Crippen molar-refractivity contribution in [2.75, 3.05) is 28.4 Å². The first-order valence-corrected chi connectivity index (χ1v) is 9.29. The topological polar surface area (TPSA) is 74.2 Å². The number of hydrogen-bond acceptors (Lipinski definition) is 6. The molecule has 3 aromatic rings. The third kappa shape index (κ3) is 4.17. The fourth-order valence-electron chi connectivity index (χ4n) is 3.36. The first-order valence-electron chi connectivity index (χ1n) is 9.29. The summed E-state index contributed by atoms with van der Waals surface area (Å²) in [6.07, 6.45) is 0. The fourth-order valence-corrected chi connectivity index (χ4v) is 3.36. The third-order valence-electron chi connectivity index (χ3n) is 4.92. The number of carbonyl (C=O) groups excluding carboxylic acids is 1. The van der Waals surface area contributed by atoms with Gasteiger partial charge in [-0.1, -0.05) is 12.1 Å². The SMILES string of the molecule is COc1ccc(C(C(=O)c2ccc(O)cc2)c2ccc(OC)cc2OC)c(OC)c1. The van der Waals surface area contributed by atoms with Gasteiger partial charge in [0.25, 0.3) is 0 Å². The number of phenols is 1. The molecule has 0 aromatic heterocycles. The van der Waals surface area contributed by atoms with Crippen LogP contribution in [0.15, 0.2) is 60.7 Å². The molecule has 1 N–H and O–H groups in total. The van der Waals surface area contributed by atoms with E-state index in [0.29, 0.717) is 39.7 Å². The van der Waals surface area contributed by atoms with Gasteiger partial charge in [-0.25, -0.2) is 0 Å². The van der Waals surface area contributed by atoms with Gasteiger partial charge in [0.2, 0.25) is 0 Å². The molecule has 0 aliphatic heterocycles. The molecule has 6 nitrogen and oxygen atoms in total. The zero-order valence-corrected chi connectivity index (χ0v) is 17.3. The van der Waals surface area contributed by atoms with E-state index in [2.05, 4.69) is 0 Å². The molecule has 0 fully saturated rings. The Hall–Kier alpha value is -3.67. The molecule has 3 aromatic carbocycles. The smallest absolute Gasteiger partial charge is 0.174 e. The van der Waals surface area contributed by atoms with Crippen LogP contribution in [-0.2, 0) is 0 Å². The van der Waals surface area contributed by atoms with Gasteiger partial charge in [-0.3, -0.25) is 4.79 Å². The highest BCUT2D eigenvalue weighted by atomic mass is 16.5. The van der Waals surface area contributed by atoms with E-state index in [-0.39, 0.29) is 11.5 Å². The molecule has 0 bridgehead atoms. The lowest BCUT2D eigenvalue weighted by atomic mass is 9.83. The quantitative estimate of drug-likeness (QED) is 0.556. The summed E-state index contributed by atoms with van der Waals surface area (Å²) in [6.45, 7) is 0. The second kappa shape index (κ2) is 9.22. The van der Waals surface area contributed by atoms with Gasteiger partial charge in [0.05, 0.1) is 34.4 Å². The normalized spacial score (nSPS) is 10.6. The second-order valence-corrected chi connectivity index (χ2v) is 6.56. The van der Waals surface area contributed by atoms with Crippen molar-refractivity contribution >= 4 is 5.78 Å². The number of benzene rings is 3. The Morgan fingerprint density at radius 1 is 0.700 bits per heavy atom. The Balaban J connectivity index is 2.22. The van der Waals surface area contributed by atoms with Crippen LogP contribution in [-0.4, -0.2) is 39.3 Å². The minimum atomic E-state index is -0.712. The highest BCUT2D eigenvalue weighted by molar-refractivity contribution is 6.04. The second-order valence-electron chi connectivity index (χ2n) is 6.56. The zero-order chi connectivity index (χ0) is 21.7. The summed E-state index contributed by atoms with van der Waals surface area (Å²) < 4.78 is 21.7. The molecule has 30 heavy (non-hydrogen) atoms. The number of ketones is 1. The predicted octanol–water partition coefficient (Wildman–Crippen LogP) is 4.44. The maximum Gasteiger partial charge on any atom is 0.174 e. The number of carbonyl (C=O) groups is 1. The molecule has 0 aliphatic rings. The van der Waals surface area contributed by atoms with Gasteiger partial charge >= 0.3 is 0 Å². The van der Waals surface area contributed by atoms with Crippen LogP contribution in [0.2, 0.25) is 0 Å². The maximum absolute atomic E-state index is 13.6. The first kappa shape index (κ1) is 21.0. The Kier molecular flexibility index (Phi) is 6.47. The van der Waals surface area contributed by atoms with Crippen molar-refractivity contribution in [3.63, 3.8) is 0 Å². The molecule has 0 heterocycles. The Labute approximate surface area is 175 Å². The number of phenolic OH excluding ortho intramolecular Hbond substituents is 1. The Morgan fingerprint density at radius 2 is 1.17 bits per heavy atom. The first-order chi connectivity index (χ1) is 14.5. The molecule has 156 valence electrons. The van der Waals surface area contributed by atoms with Crippen LogP contribution in [0, 0.1) is 0 Å². The monoisotopic (exact) mass is 408 g/mol. The van der Waals surface area contributed by atoms with Crippen LogP contribution in [0.5, 0.6) is 28.7 Å². The van der Waals surface area contributed by atoms with Crippen molar-refractivity contribution in [3.8, 4) is 28.7 Å². The molecule has 0 aliphatic carbocycles. The van der Waals surface area contributed by atoms with Gasteiger partial charge in [0, 0.05) is 28.8 Å². The molecule has 0 amide bonds. The summed E-state index contributed by atoms with van der Waals surface area (Å²) in [5, 5.41) is 9.61. The molecule has 3 rings (SSSR count). The van der Waals surface area contributed by atoms with Gasteiger partial charge in [-0.05, 0) is 36.4 Å². The summed E-state index contributed by atoms with van der Waals surface area (Å²) in [7, 11) is 6.23. The lowest BCUT2D eigenvalue weighted by molar-refractivity contribution is 0.0971. The number of methoxy groups -OCH3 is 4. The largest absolute Gasteiger partial charge is 0.508 e. The van der Waals surface area contributed by atoms with Gasteiger partial charge in [0.1, 0.15) is 28.7 Å². The van der Waals surface area contributed by atoms with Crippen LogP contribution in [0.1, 0.15) is 27.4 Å². The molecule has 0 unspecified atom stereocenters. The van der Waals surface area contributed by atoms with Crippen LogP contribution < -0.4 is 18.9 Å². The van der Waals surface area contributed by atoms with Gasteiger partial charge in [-0.2, -0.15) is 0 Å². The summed E-state index contributed by atoms with van der Waals surface area (Å²) in [6, 6.07) is 16.8. The average Bonchev–Trinajstić information content (AvgIpc) is 2.79. The van der Waals surface area contributed by atoms with E-state index in [9.17, 15) is 9.90 Å². The number of ether oxygens (including phenoxy) is 4. The lowest BCUT2D eigenvalue weighted by Gasteiger charge is -2.22. The van der Waals surface area contributed by atoms with Crippen LogP contribution in [0.4, 0.5) is 0 Å². The third-order valence-corrected chi connectivity index (χ3v) is 4.92. The molecule has 0 saturated carbocycles. The van der Waals surface area contributed by atoms with E-state index in [4.69, 9.17) is 18.9 Å². The lowest BCUT2D eigenvalue weighted by Crippen LogP contribution is -2.16. The van der Waals surface area contributed by atoms with Gasteiger partial charge in [-0.15, -0.1) is 0 Å². The summed E-state index contributed by atoms with van der Waals surface area (Å²) in [5.74, 6) is 1.49. The minimum Gasteiger partial charge on any atom is -0.508 e. The summed E-state index contributed by atoms with van der Waals surface area (Å²) in [5.41, 5.74) is 1.79. The number of Topliss-reactive ketones (excluding diaryl/α,β-unsaturated/α-hetero) is 1. The summed E-state index contributed by atoms with van der Waals surface area (Å²) >= 11 is 0. The highest BCUT2D eigenvalue weighted by Gasteiger charge is 2.30. The molecule has 0 radical (unpaired) electrons. The van der Waals surface area contributed by atoms with Crippen molar-refractivity contribution in [2.24, 2.45) is 0 Å². The maximum atomic E-state index is 13.6. The van der Waals surface area contributed by atoms with E-state index >= 15 is 0 Å². The molecule has 0 spiro atoms. The van der Waals surface area contributed by atoms with Gasteiger partial charge in [0.15, 0.2) is 5.78 Å². The molecule has 0 atom stereocenters. The standard InChI is InChI=1S/C24H24O6/c1-27-17-9-11-19(21(13-17)29-3)23(24(26)15-5-7-16(25)8-6-15)20-12-10-18(28-2)14-22(20)30-4/h5-14,23,25H,1-4H3. The number of hydrogen-bond donors (Lipinski definition) is 1. The van der Waals surface area contributed by atoms with Crippen molar-refractivity contribution < 1.29 is 28.8 Å². The van der Waals surface area contributed by atoms with Crippen LogP contribution in [0.3, 0.4) is 0 Å². The minimum absolute atomic E-state index is 0.0900. The van der Waals surface area contributed by atoms with E-state index < -0.39 is 5.92 Å². The average molecular weight is 408 g/mol. The van der Waals surface area contributed by atoms with Crippen LogP contribution in [0.25, 0.3) is 0 Å². The van der Waals surface area contributed by atoms with Crippen molar-refractivity contribution in [1.29, 1.82) is 0 Å². The van der Waals surface area contributed by atoms with E-state index in [0.717, 1.165) is 0 Å². The van der Waals surface area contributed by atoms with E-state index in [1.165, 1.54) is 12.1 Å². The Bertz CT molecular complexity index is 971. The summed E-state index contributed by atoms with van der Waals surface area (Å²) in [4.78, 5) is 13.6. The number of rotatable bonds is 8. The molecular weight excluding hydrogens is 384 g/mol. The molecular formula is C24H24O6. The van der Waals surface area contributed by atoms with E-state index in [1.807, 2.05) is 12.1 Å². The fraction of sp³-hybridized carbons (Fsp3) is 0.208. The van der Waals surface area contributed by atoms with Gasteiger partial charge < -0.3 is 24.1 Å². The van der Waals surface area contributed by atoms with Crippen molar-refractivity contribution in [1.82, 2.24) is 0 Å². The molecule has 6 heteroatoms. The molecule has 0 saturated heterocycles. The Morgan fingerprint density at radius 3 is 1.57 bits per heavy atom.